The molecule has 0 spiro atoms. The normalized spacial score (nSPS) is 14.4. The van der Waals surface area contributed by atoms with Crippen LogP contribution in [0.4, 0.5) is 0 Å². The van der Waals surface area contributed by atoms with Gasteiger partial charge in [-0.2, -0.15) is 0 Å². The number of piperazine rings is 1. The van der Waals surface area contributed by atoms with Gasteiger partial charge in [0.25, 0.3) is 0 Å². The van der Waals surface area contributed by atoms with Crippen molar-refractivity contribution in [3.8, 4) is 11.5 Å². The van der Waals surface area contributed by atoms with Gasteiger partial charge in [0.2, 0.25) is 18.2 Å². The summed E-state index contributed by atoms with van der Waals surface area (Å²) in [6, 6.07) is 5.60. The molecular formula is C20H29N3O5. The fraction of sp³-hybridized carbons (Fsp3) is 0.550. The van der Waals surface area contributed by atoms with Gasteiger partial charge in [0.05, 0.1) is 14.2 Å². The van der Waals surface area contributed by atoms with Crippen molar-refractivity contribution in [1.29, 1.82) is 0 Å². The molecule has 1 N–H and O–H groups in total. The first-order chi connectivity index (χ1) is 13.3. The van der Waals surface area contributed by atoms with Crippen molar-refractivity contribution in [2.24, 2.45) is 5.41 Å². The molecule has 2 rings (SSSR count). The van der Waals surface area contributed by atoms with Gasteiger partial charge >= 0.3 is 0 Å². The number of rotatable bonds is 8. The van der Waals surface area contributed by atoms with E-state index in [-0.39, 0.29) is 11.8 Å². The van der Waals surface area contributed by atoms with Gasteiger partial charge in [0, 0.05) is 32.7 Å². The highest BCUT2D eigenvalue weighted by Crippen LogP contribution is 2.27. The fourth-order valence-corrected chi connectivity index (χ4v) is 3.10. The Bertz CT molecular complexity index is 712. The standard InChI is InChI=1S/C20H29N3O5/c1-20(2,19(26)23-11-9-22(14-24)10-12-23)18(25)21-8-7-15-5-6-16(27-3)17(13-15)28-4/h5-6,13-14H,7-12H2,1-4H3,(H,21,25). The molecule has 0 unspecified atom stereocenters. The number of carbonyl (C=O) groups is 3. The molecule has 0 aromatic heterocycles. The quantitative estimate of drug-likeness (QED) is 0.520. The van der Waals surface area contributed by atoms with Crippen molar-refractivity contribution in [3.05, 3.63) is 23.8 Å². The molecule has 154 valence electrons. The second-order valence-corrected chi connectivity index (χ2v) is 7.25. The van der Waals surface area contributed by atoms with E-state index in [0.717, 1.165) is 12.0 Å². The third-order valence-corrected chi connectivity index (χ3v) is 5.00. The summed E-state index contributed by atoms with van der Waals surface area (Å²) in [7, 11) is 3.15. The van der Waals surface area contributed by atoms with E-state index in [1.807, 2.05) is 18.2 Å². The number of hydrogen-bond donors (Lipinski definition) is 1. The van der Waals surface area contributed by atoms with E-state index in [0.29, 0.717) is 50.6 Å². The first-order valence-corrected chi connectivity index (χ1v) is 9.31. The minimum Gasteiger partial charge on any atom is -0.493 e. The number of ether oxygens (including phenoxy) is 2. The predicted octanol–water partition coefficient (Wildman–Crippen LogP) is 0.689. The number of nitrogens with one attached hydrogen (secondary N) is 1. The van der Waals surface area contributed by atoms with Crippen LogP contribution in [0, 0.1) is 5.41 Å². The Balaban J connectivity index is 1.89. The Hall–Kier alpha value is -2.77. The largest absolute Gasteiger partial charge is 0.493 e. The summed E-state index contributed by atoms with van der Waals surface area (Å²) in [6.45, 7) is 5.54. The van der Waals surface area contributed by atoms with E-state index in [1.54, 1.807) is 37.9 Å². The van der Waals surface area contributed by atoms with Crippen LogP contribution in [0.25, 0.3) is 0 Å². The predicted molar refractivity (Wildman–Crippen MR) is 104 cm³/mol. The van der Waals surface area contributed by atoms with E-state index in [9.17, 15) is 14.4 Å². The van der Waals surface area contributed by atoms with Crippen molar-refractivity contribution in [3.63, 3.8) is 0 Å². The lowest BCUT2D eigenvalue weighted by atomic mass is 9.90. The SMILES string of the molecule is COc1ccc(CCNC(=O)C(C)(C)C(=O)N2CCN(C=O)CC2)cc1OC. The molecule has 0 saturated carbocycles. The van der Waals surface area contributed by atoms with Crippen molar-refractivity contribution in [2.75, 3.05) is 46.9 Å². The molecule has 1 aromatic carbocycles. The molecule has 1 aliphatic heterocycles. The van der Waals surface area contributed by atoms with Gasteiger partial charge in [-0.3, -0.25) is 14.4 Å². The van der Waals surface area contributed by atoms with Crippen molar-refractivity contribution in [1.82, 2.24) is 15.1 Å². The van der Waals surface area contributed by atoms with Crippen LogP contribution in [0.1, 0.15) is 19.4 Å². The summed E-state index contributed by atoms with van der Waals surface area (Å²) >= 11 is 0. The monoisotopic (exact) mass is 391 g/mol. The van der Waals surface area contributed by atoms with Gasteiger partial charge in [-0.15, -0.1) is 0 Å². The third-order valence-electron chi connectivity index (χ3n) is 5.00. The highest BCUT2D eigenvalue weighted by Gasteiger charge is 2.39. The molecule has 1 fully saturated rings. The zero-order valence-electron chi connectivity index (χ0n) is 17.0. The molecule has 8 nitrogen and oxygen atoms in total. The van der Waals surface area contributed by atoms with Crippen LogP contribution in [0.3, 0.4) is 0 Å². The summed E-state index contributed by atoms with van der Waals surface area (Å²) in [5.74, 6) is 0.755. The maximum Gasteiger partial charge on any atom is 0.237 e. The van der Waals surface area contributed by atoms with Crippen LogP contribution in [0.15, 0.2) is 18.2 Å². The number of methoxy groups -OCH3 is 2. The number of hydrogen-bond acceptors (Lipinski definition) is 5. The smallest absolute Gasteiger partial charge is 0.237 e. The van der Waals surface area contributed by atoms with Crippen molar-refractivity contribution < 1.29 is 23.9 Å². The lowest BCUT2D eigenvalue weighted by Crippen LogP contribution is -2.55. The molecule has 1 aromatic rings. The van der Waals surface area contributed by atoms with E-state index in [4.69, 9.17) is 9.47 Å². The van der Waals surface area contributed by atoms with Gasteiger partial charge in [-0.25, -0.2) is 0 Å². The summed E-state index contributed by atoms with van der Waals surface area (Å²) in [4.78, 5) is 39.5. The van der Waals surface area contributed by atoms with Gasteiger partial charge in [0.15, 0.2) is 11.5 Å². The first kappa shape index (κ1) is 21.5. The Morgan fingerprint density at radius 1 is 1.11 bits per heavy atom. The minimum absolute atomic E-state index is 0.221. The molecule has 0 atom stereocenters. The molecule has 1 heterocycles. The van der Waals surface area contributed by atoms with E-state index in [1.165, 1.54) is 0 Å². The van der Waals surface area contributed by atoms with Crippen LogP contribution < -0.4 is 14.8 Å². The Kier molecular flexibility index (Phi) is 7.25. The molecule has 28 heavy (non-hydrogen) atoms. The van der Waals surface area contributed by atoms with Crippen LogP contribution >= 0.6 is 0 Å². The van der Waals surface area contributed by atoms with E-state index >= 15 is 0 Å². The maximum atomic E-state index is 12.8. The zero-order chi connectivity index (χ0) is 20.7. The first-order valence-electron chi connectivity index (χ1n) is 9.31. The highest BCUT2D eigenvalue weighted by atomic mass is 16.5. The lowest BCUT2D eigenvalue weighted by Gasteiger charge is -2.36. The Morgan fingerprint density at radius 3 is 2.32 bits per heavy atom. The van der Waals surface area contributed by atoms with Gasteiger partial charge in [-0.1, -0.05) is 6.07 Å². The number of amides is 3. The Labute approximate surface area is 165 Å². The van der Waals surface area contributed by atoms with Crippen LogP contribution in [0.5, 0.6) is 11.5 Å². The third kappa shape index (κ3) is 4.94. The Morgan fingerprint density at radius 2 is 1.75 bits per heavy atom. The topological polar surface area (TPSA) is 88.2 Å². The van der Waals surface area contributed by atoms with E-state index < -0.39 is 5.41 Å². The number of benzene rings is 1. The molecule has 1 aliphatic rings. The van der Waals surface area contributed by atoms with Gasteiger partial charge in [0.1, 0.15) is 5.41 Å². The fourth-order valence-electron chi connectivity index (χ4n) is 3.10. The average Bonchev–Trinajstić information content (AvgIpc) is 2.72. The second-order valence-electron chi connectivity index (χ2n) is 7.25. The van der Waals surface area contributed by atoms with E-state index in [2.05, 4.69) is 5.32 Å². The molecule has 0 bridgehead atoms. The summed E-state index contributed by atoms with van der Waals surface area (Å²) < 4.78 is 10.5. The molecule has 0 aliphatic carbocycles. The van der Waals surface area contributed by atoms with Crippen LogP contribution in [0.2, 0.25) is 0 Å². The van der Waals surface area contributed by atoms with Crippen LogP contribution in [-0.2, 0) is 20.8 Å². The highest BCUT2D eigenvalue weighted by molar-refractivity contribution is 6.04. The molecule has 3 amide bonds. The van der Waals surface area contributed by atoms with Crippen LogP contribution in [-0.4, -0.2) is 75.0 Å². The van der Waals surface area contributed by atoms with Crippen molar-refractivity contribution in [2.45, 2.75) is 20.3 Å². The van der Waals surface area contributed by atoms with Gasteiger partial charge in [-0.05, 0) is 38.0 Å². The van der Waals surface area contributed by atoms with Gasteiger partial charge < -0.3 is 24.6 Å². The summed E-state index contributed by atoms with van der Waals surface area (Å²) in [5.41, 5.74) is -0.173. The van der Waals surface area contributed by atoms with Crippen molar-refractivity contribution >= 4 is 18.2 Å². The molecule has 0 radical (unpaired) electrons. The second kappa shape index (κ2) is 9.43. The minimum atomic E-state index is -1.17. The summed E-state index contributed by atoms with van der Waals surface area (Å²) in [6.07, 6.45) is 1.39. The lowest BCUT2D eigenvalue weighted by molar-refractivity contribution is -0.150. The number of nitrogens with zero attached hydrogens (tertiary/aromatic N) is 2. The molecule has 8 heteroatoms. The average molecular weight is 391 g/mol. The molecule has 1 saturated heterocycles. The molecular weight excluding hydrogens is 362 g/mol. The number of carbonyl (C=O) groups excluding carboxylic acids is 3. The maximum absolute atomic E-state index is 12.8. The zero-order valence-corrected chi connectivity index (χ0v) is 17.0. The summed E-state index contributed by atoms with van der Waals surface area (Å²) in [5, 5.41) is 2.85.